The summed E-state index contributed by atoms with van der Waals surface area (Å²) in [6.45, 7) is 6.00. The number of ether oxygens (including phenoxy) is 3. The van der Waals surface area contributed by atoms with Crippen LogP contribution in [0.5, 0.6) is 0 Å². The van der Waals surface area contributed by atoms with Crippen molar-refractivity contribution >= 4 is 0 Å². The molecule has 0 radical (unpaired) electrons. The van der Waals surface area contributed by atoms with Crippen LogP contribution in [0.3, 0.4) is 0 Å². The van der Waals surface area contributed by atoms with Gasteiger partial charge in [-0.15, -0.1) is 0 Å². The van der Waals surface area contributed by atoms with Crippen molar-refractivity contribution in [3.8, 4) is 0 Å². The maximum Gasteiger partial charge on any atom is 2.00 e. The van der Waals surface area contributed by atoms with Crippen molar-refractivity contribution < 1.29 is 56.4 Å². The van der Waals surface area contributed by atoms with Gasteiger partial charge in [-0.05, 0) is 38.5 Å². The van der Waals surface area contributed by atoms with Crippen LogP contribution in [-0.2, 0) is 31.6 Å². The van der Waals surface area contributed by atoms with Gasteiger partial charge in [0.1, 0.15) is 0 Å². The van der Waals surface area contributed by atoms with E-state index >= 15 is 0 Å². The molecule has 0 unspecified atom stereocenters. The molecule has 3 heterocycles. The smallest absolute Gasteiger partial charge is 1.00 e. The monoisotopic (exact) mass is 338 g/mol. The Morgan fingerprint density at radius 3 is 0.611 bits per heavy atom. The van der Waals surface area contributed by atoms with E-state index in [9.17, 15) is 0 Å². The number of hydrogen-bond donors (Lipinski definition) is 0. The van der Waals surface area contributed by atoms with Crippen LogP contribution in [0, 0.1) is 0 Å². The molecule has 3 aliphatic heterocycles. The minimum atomic E-state index is 0. The van der Waals surface area contributed by atoms with Crippen LogP contribution in [0.1, 0.15) is 38.5 Å². The summed E-state index contributed by atoms with van der Waals surface area (Å²) in [6, 6.07) is 0. The van der Waals surface area contributed by atoms with Crippen molar-refractivity contribution in [2.24, 2.45) is 0 Å². The predicted molar refractivity (Wildman–Crippen MR) is 60.2 cm³/mol. The molecule has 0 bridgehead atoms. The Labute approximate surface area is 134 Å². The van der Waals surface area contributed by atoms with E-state index in [4.69, 9.17) is 14.2 Å². The van der Waals surface area contributed by atoms with Crippen molar-refractivity contribution in [1.82, 2.24) is 0 Å². The van der Waals surface area contributed by atoms with Gasteiger partial charge in [0.25, 0.3) is 0 Å². The van der Waals surface area contributed by atoms with Crippen molar-refractivity contribution in [3.63, 3.8) is 0 Å². The van der Waals surface area contributed by atoms with Crippen LogP contribution in [0.15, 0.2) is 0 Å². The van der Waals surface area contributed by atoms with Gasteiger partial charge in [0.2, 0.25) is 0 Å². The first-order valence-electron chi connectivity index (χ1n) is 6.23. The average molecular weight is 339 g/mol. The summed E-state index contributed by atoms with van der Waals surface area (Å²) in [5.41, 5.74) is 0. The zero-order chi connectivity index (χ0) is 10.6. The largest absolute Gasteiger partial charge is 2.00 e. The van der Waals surface area contributed by atoms with Crippen LogP contribution < -0.4 is 24.8 Å². The molecular weight excluding hydrogens is 315 g/mol. The molecule has 3 rings (SSSR count). The minimum Gasteiger partial charge on any atom is -1.00 e. The Kier molecular flexibility index (Phi) is 27.1. The number of rotatable bonds is 0. The molecule has 0 aromatic rings. The van der Waals surface area contributed by atoms with Gasteiger partial charge in [0, 0.05) is 39.6 Å². The summed E-state index contributed by atoms with van der Waals surface area (Å²) in [6.07, 6.45) is 7.67. The second-order valence-corrected chi connectivity index (χ2v) is 3.96. The van der Waals surface area contributed by atoms with Crippen molar-refractivity contribution in [2.45, 2.75) is 38.5 Å². The normalized spacial score (nSPS) is 20.0. The van der Waals surface area contributed by atoms with Crippen LogP contribution in [0.25, 0.3) is 0 Å². The number of hydrogen-bond acceptors (Lipinski definition) is 3. The van der Waals surface area contributed by atoms with Crippen molar-refractivity contribution in [2.75, 3.05) is 39.6 Å². The maximum absolute atomic E-state index is 4.94. The predicted octanol–water partition coefficient (Wildman–Crippen LogP) is -3.60. The molecule has 18 heavy (non-hydrogen) atoms. The average Bonchev–Trinajstić information content (AvgIpc) is 3.09. The molecule has 110 valence electrons. The quantitative estimate of drug-likeness (QED) is 0.457. The Hall–Kier alpha value is 0.992. The van der Waals surface area contributed by atoms with E-state index in [-0.39, 0.29) is 42.2 Å². The molecule has 0 aliphatic carbocycles. The van der Waals surface area contributed by atoms with Crippen molar-refractivity contribution in [1.29, 1.82) is 0 Å². The molecule has 3 fully saturated rings. The fourth-order valence-electron chi connectivity index (χ4n) is 1.53. The van der Waals surface area contributed by atoms with Gasteiger partial charge in [0.15, 0.2) is 0 Å². The topological polar surface area (TPSA) is 27.7 Å². The van der Waals surface area contributed by atoms with Crippen LogP contribution in [0.4, 0.5) is 0 Å². The molecular formula is C12H24Cl2CrO3. The third kappa shape index (κ3) is 17.0. The van der Waals surface area contributed by atoms with Gasteiger partial charge < -0.3 is 39.0 Å². The molecule has 0 atom stereocenters. The molecule has 6 heteroatoms. The van der Waals surface area contributed by atoms with E-state index in [2.05, 4.69) is 0 Å². The van der Waals surface area contributed by atoms with Crippen LogP contribution in [0.2, 0.25) is 0 Å². The Morgan fingerprint density at radius 1 is 0.389 bits per heavy atom. The molecule has 0 N–H and O–H groups in total. The fraction of sp³-hybridized carbons (Fsp3) is 1.00. The minimum absolute atomic E-state index is 0. The summed E-state index contributed by atoms with van der Waals surface area (Å²) >= 11 is 0. The summed E-state index contributed by atoms with van der Waals surface area (Å²) in [5, 5.41) is 0. The van der Waals surface area contributed by atoms with Gasteiger partial charge in [-0.3, -0.25) is 0 Å². The summed E-state index contributed by atoms with van der Waals surface area (Å²) in [7, 11) is 0. The molecule has 3 aliphatic rings. The van der Waals surface area contributed by atoms with Gasteiger partial charge in [-0.2, -0.15) is 0 Å². The van der Waals surface area contributed by atoms with Crippen LogP contribution in [-0.4, -0.2) is 39.6 Å². The van der Waals surface area contributed by atoms with Crippen molar-refractivity contribution in [3.05, 3.63) is 0 Å². The fourth-order valence-corrected chi connectivity index (χ4v) is 1.53. The van der Waals surface area contributed by atoms with Gasteiger partial charge >= 0.3 is 17.4 Å². The molecule has 3 nitrogen and oxygen atoms in total. The molecule has 0 spiro atoms. The van der Waals surface area contributed by atoms with E-state index in [0.717, 1.165) is 39.6 Å². The third-order valence-corrected chi connectivity index (χ3v) is 2.48. The zero-order valence-electron chi connectivity index (χ0n) is 10.9. The Balaban J connectivity index is -0.000000173. The first-order chi connectivity index (χ1) is 7.50. The molecule has 0 aromatic carbocycles. The number of halogens is 2. The maximum atomic E-state index is 4.94. The Bertz CT molecular complexity index is 83.9. The molecule has 0 amide bonds. The van der Waals surface area contributed by atoms with E-state index in [1.807, 2.05) is 0 Å². The second-order valence-electron chi connectivity index (χ2n) is 3.96. The summed E-state index contributed by atoms with van der Waals surface area (Å²) < 4.78 is 14.8. The zero-order valence-corrected chi connectivity index (χ0v) is 13.7. The van der Waals surface area contributed by atoms with E-state index in [0.29, 0.717) is 0 Å². The molecule has 0 aromatic heterocycles. The Morgan fingerprint density at radius 2 is 0.556 bits per heavy atom. The SMILES string of the molecule is C1CCOC1.C1CCOC1.C1CCOC1.[Cl-].[Cl-].[Cr+2]. The van der Waals surface area contributed by atoms with E-state index in [1.54, 1.807) is 0 Å². The second kappa shape index (κ2) is 20.3. The third-order valence-electron chi connectivity index (χ3n) is 2.48. The first kappa shape index (κ1) is 24.0. The van der Waals surface area contributed by atoms with Gasteiger partial charge in [-0.25, -0.2) is 0 Å². The first-order valence-corrected chi connectivity index (χ1v) is 6.23. The summed E-state index contributed by atoms with van der Waals surface area (Å²) in [4.78, 5) is 0. The standard InChI is InChI=1S/3C4H8O.2ClH.Cr/c3*1-2-4-5-3-1;;;/h3*1-4H2;2*1H;/q;;;;;+2/p-2. The van der Waals surface area contributed by atoms with E-state index in [1.165, 1.54) is 38.5 Å². The van der Waals surface area contributed by atoms with Crippen LogP contribution >= 0.6 is 0 Å². The molecule has 0 saturated carbocycles. The van der Waals surface area contributed by atoms with E-state index < -0.39 is 0 Å². The van der Waals surface area contributed by atoms with Gasteiger partial charge in [-0.1, -0.05) is 0 Å². The molecule has 3 saturated heterocycles. The summed E-state index contributed by atoms with van der Waals surface area (Å²) in [5.74, 6) is 0. The van der Waals surface area contributed by atoms with Gasteiger partial charge in [0.05, 0.1) is 0 Å².